The first-order chi connectivity index (χ1) is 18.0. The lowest BCUT2D eigenvalue weighted by Gasteiger charge is -2.36. The Morgan fingerprint density at radius 3 is 2.27 bits per heavy atom. The van der Waals surface area contributed by atoms with Gasteiger partial charge in [-0.1, -0.05) is 72.8 Å². The molecule has 0 aromatic heterocycles. The highest BCUT2D eigenvalue weighted by atomic mass is 35.5. The summed E-state index contributed by atoms with van der Waals surface area (Å²) in [5.41, 5.74) is 1.88. The van der Waals surface area contributed by atoms with Crippen LogP contribution in [0.25, 0.3) is 0 Å². The van der Waals surface area contributed by atoms with Crippen molar-refractivity contribution in [1.29, 1.82) is 0 Å². The predicted octanol–water partition coefficient (Wildman–Crippen LogP) is 6.15. The lowest BCUT2D eigenvalue weighted by Crippen LogP contribution is -2.53. The molecule has 7 heteroatoms. The normalized spacial score (nSPS) is 22.6. The monoisotopic (exact) mass is 541 g/mol. The average molecular weight is 543 g/mol. The maximum absolute atomic E-state index is 13.8. The van der Waals surface area contributed by atoms with Crippen molar-refractivity contribution in [3.05, 3.63) is 69.7 Å². The number of nitrogens with one attached hydrogen (secondary N) is 1. The van der Waals surface area contributed by atoms with Crippen LogP contribution < -0.4 is 5.32 Å². The number of hydrogen-bond donors (Lipinski definition) is 1. The van der Waals surface area contributed by atoms with E-state index in [9.17, 15) is 9.59 Å². The molecule has 0 bridgehead atoms. The summed E-state index contributed by atoms with van der Waals surface area (Å²) in [5.74, 6) is 0.612. The minimum absolute atomic E-state index is 0.0713. The van der Waals surface area contributed by atoms with Crippen LogP contribution in [0.15, 0.2) is 48.5 Å². The molecule has 198 valence electrons. The summed E-state index contributed by atoms with van der Waals surface area (Å²) in [6.07, 6.45) is 8.69. The lowest BCUT2D eigenvalue weighted by atomic mass is 9.83. The summed E-state index contributed by atoms with van der Waals surface area (Å²) in [6, 6.07) is 15.6. The minimum atomic E-state index is -0.496. The summed E-state index contributed by atoms with van der Waals surface area (Å²) in [7, 11) is 0. The van der Waals surface area contributed by atoms with Crippen molar-refractivity contribution in [2.45, 2.75) is 69.4 Å². The van der Waals surface area contributed by atoms with Crippen LogP contribution >= 0.6 is 23.2 Å². The molecule has 0 radical (unpaired) electrons. The Kier molecular flexibility index (Phi) is 8.74. The summed E-state index contributed by atoms with van der Waals surface area (Å²) in [6.45, 7) is 3.66. The number of rotatable bonds is 6. The van der Waals surface area contributed by atoms with E-state index in [1.54, 1.807) is 18.2 Å². The summed E-state index contributed by atoms with van der Waals surface area (Å²) in [4.78, 5) is 31.6. The van der Waals surface area contributed by atoms with Gasteiger partial charge < -0.3 is 10.2 Å². The molecule has 2 amide bonds. The van der Waals surface area contributed by atoms with Gasteiger partial charge in [-0.05, 0) is 80.8 Å². The largest absolute Gasteiger partial charge is 0.340 e. The molecule has 0 spiro atoms. The van der Waals surface area contributed by atoms with E-state index in [-0.39, 0.29) is 17.7 Å². The van der Waals surface area contributed by atoms with Crippen molar-refractivity contribution < 1.29 is 9.59 Å². The minimum Gasteiger partial charge on any atom is -0.340 e. The van der Waals surface area contributed by atoms with Gasteiger partial charge in [0.1, 0.15) is 6.04 Å². The number of hydrogen-bond acceptors (Lipinski definition) is 3. The van der Waals surface area contributed by atoms with Gasteiger partial charge in [-0.15, -0.1) is 0 Å². The van der Waals surface area contributed by atoms with E-state index in [1.165, 1.54) is 24.8 Å². The van der Waals surface area contributed by atoms with Crippen molar-refractivity contribution in [1.82, 2.24) is 15.1 Å². The quantitative estimate of drug-likeness (QED) is 0.476. The Balaban J connectivity index is 1.22. The van der Waals surface area contributed by atoms with E-state index >= 15 is 0 Å². The highest BCUT2D eigenvalue weighted by Gasteiger charge is 2.38. The van der Waals surface area contributed by atoms with E-state index in [0.29, 0.717) is 27.6 Å². The molecule has 2 heterocycles. The third-order valence-corrected chi connectivity index (χ3v) is 9.39. The van der Waals surface area contributed by atoms with Crippen molar-refractivity contribution >= 4 is 35.0 Å². The average Bonchev–Trinajstić information content (AvgIpc) is 3.44. The molecule has 2 aliphatic heterocycles. The molecule has 5 rings (SSSR count). The zero-order chi connectivity index (χ0) is 25.8. The van der Waals surface area contributed by atoms with Crippen LogP contribution in [0.4, 0.5) is 0 Å². The number of carbonyl (C=O) groups excluding carboxylic acids is 2. The van der Waals surface area contributed by atoms with Gasteiger partial charge in [-0.25, -0.2) is 0 Å². The van der Waals surface area contributed by atoms with Gasteiger partial charge in [-0.3, -0.25) is 14.5 Å². The van der Waals surface area contributed by atoms with Crippen molar-refractivity contribution in [3.8, 4) is 0 Å². The van der Waals surface area contributed by atoms with Gasteiger partial charge in [0.15, 0.2) is 0 Å². The SMILES string of the molecule is O=C(N[C@@H](C(=O)N1CCC(N2CCC(c3ccccc3)CC2)C1)C1CCCCC1)c1ccc(Cl)c(Cl)c1. The molecule has 3 aliphatic rings. The molecule has 1 unspecified atom stereocenters. The Morgan fingerprint density at radius 1 is 0.838 bits per heavy atom. The van der Waals surface area contributed by atoms with E-state index in [1.807, 2.05) is 4.90 Å². The standard InChI is InChI=1S/C30H37Cl2N3O2/c31-26-12-11-24(19-27(26)32)29(36)33-28(23-9-5-2-6-10-23)30(37)35-18-15-25(20-35)34-16-13-22(14-17-34)21-7-3-1-4-8-21/h1,3-4,7-8,11-12,19,22-23,25,28H,2,5-6,9-10,13-18,20H2,(H,33,36)/t25?,28-/m1/s1. The first-order valence-electron chi connectivity index (χ1n) is 13.8. The van der Waals surface area contributed by atoms with Crippen LogP contribution in [0.5, 0.6) is 0 Å². The van der Waals surface area contributed by atoms with E-state index in [4.69, 9.17) is 23.2 Å². The van der Waals surface area contributed by atoms with Gasteiger partial charge in [-0.2, -0.15) is 0 Å². The van der Waals surface area contributed by atoms with Crippen molar-refractivity contribution in [2.75, 3.05) is 26.2 Å². The maximum Gasteiger partial charge on any atom is 0.251 e. The lowest BCUT2D eigenvalue weighted by molar-refractivity contribution is -0.134. The Hall–Kier alpha value is -2.08. The molecule has 5 nitrogen and oxygen atoms in total. The Morgan fingerprint density at radius 2 is 1.57 bits per heavy atom. The van der Waals surface area contributed by atoms with E-state index < -0.39 is 6.04 Å². The molecule has 2 aromatic rings. The van der Waals surface area contributed by atoms with Crippen LogP contribution in [0.2, 0.25) is 10.0 Å². The molecule has 2 atom stereocenters. The van der Waals surface area contributed by atoms with Gasteiger partial charge in [0, 0.05) is 24.7 Å². The summed E-state index contributed by atoms with van der Waals surface area (Å²) < 4.78 is 0. The number of nitrogens with zero attached hydrogens (tertiary/aromatic N) is 2. The molecule has 2 saturated heterocycles. The molecular weight excluding hydrogens is 505 g/mol. The first-order valence-corrected chi connectivity index (χ1v) is 14.6. The van der Waals surface area contributed by atoms with Crippen LogP contribution in [0.3, 0.4) is 0 Å². The number of benzene rings is 2. The zero-order valence-electron chi connectivity index (χ0n) is 21.4. The Bertz CT molecular complexity index is 1080. The van der Waals surface area contributed by atoms with Gasteiger partial charge in [0.2, 0.25) is 5.91 Å². The second kappa shape index (κ2) is 12.2. The van der Waals surface area contributed by atoms with Crippen molar-refractivity contribution in [3.63, 3.8) is 0 Å². The van der Waals surface area contributed by atoms with Crippen LogP contribution in [-0.4, -0.2) is 59.9 Å². The summed E-state index contributed by atoms with van der Waals surface area (Å²) >= 11 is 12.2. The highest BCUT2D eigenvalue weighted by Crippen LogP contribution is 2.32. The second-order valence-electron chi connectivity index (χ2n) is 10.9. The van der Waals surface area contributed by atoms with Gasteiger partial charge >= 0.3 is 0 Å². The molecule has 1 aliphatic carbocycles. The number of halogens is 2. The number of piperidine rings is 1. The fourth-order valence-electron chi connectivity index (χ4n) is 6.47. The van der Waals surface area contributed by atoms with Crippen LogP contribution in [0, 0.1) is 5.92 Å². The fraction of sp³-hybridized carbons (Fsp3) is 0.533. The molecule has 1 N–H and O–H groups in total. The number of amides is 2. The second-order valence-corrected chi connectivity index (χ2v) is 11.7. The molecule has 3 fully saturated rings. The topological polar surface area (TPSA) is 52.7 Å². The third kappa shape index (κ3) is 6.32. The van der Waals surface area contributed by atoms with Gasteiger partial charge in [0.05, 0.1) is 10.0 Å². The van der Waals surface area contributed by atoms with Crippen molar-refractivity contribution in [2.24, 2.45) is 5.92 Å². The Labute approximate surface area is 230 Å². The maximum atomic E-state index is 13.8. The predicted molar refractivity (Wildman–Crippen MR) is 149 cm³/mol. The number of likely N-dealkylation sites (tertiary alicyclic amines) is 2. The number of carbonyl (C=O) groups is 2. The fourth-order valence-corrected chi connectivity index (χ4v) is 6.77. The molecule has 1 saturated carbocycles. The summed E-state index contributed by atoms with van der Waals surface area (Å²) in [5, 5.41) is 3.85. The smallest absolute Gasteiger partial charge is 0.251 e. The van der Waals surface area contributed by atoms with Crippen LogP contribution in [-0.2, 0) is 4.79 Å². The first kappa shape index (κ1) is 26.5. The third-order valence-electron chi connectivity index (χ3n) is 8.65. The van der Waals surface area contributed by atoms with E-state index in [2.05, 4.69) is 40.5 Å². The van der Waals surface area contributed by atoms with Crippen LogP contribution in [0.1, 0.15) is 73.2 Å². The molecule has 2 aromatic carbocycles. The molecule has 37 heavy (non-hydrogen) atoms. The van der Waals surface area contributed by atoms with Gasteiger partial charge in [0.25, 0.3) is 5.91 Å². The van der Waals surface area contributed by atoms with E-state index in [0.717, 1.165) is 58.3 Å². The molecular formula is C30H37Cl2N3O2. The highest BCUT2D eigenvalue weighted by molar-refractivity contribution is 6.42. The zero-order valence-corrected chi connectivity index (χ0v) is 22.9.